The van der Waals surface area contributed by atoms with Crippen LogP contribution in [-0.4, -0.2) is 11.0 Å². The second-order valence-corrected chi connectivity index (χ2v) is 5.53. The second kappa shape index (κ2) is 6.64. The molecule has 0 spiro atoms. The first-order valence-electron chi connectivity index (χ1n) is 7.48. The number of hydrogen-bond donors (Lipinski definition) is 2. The highest BCUT2D eigenvalue weighted by molar-refractivity contribution is 5.94. The van der Waals surface area contributed by atoms with Crippen LogP contribution in [0.1, 0.15) is 27.6 Å². The van der Waals surface area contributed by atoms with Crippen molar-refractivity contribution >= 4 is 5.91 Å². The Labute approximate surface area is 139 Å². The van der Waals surface area contributed by atoms with Crippen LogP contribution in [0.15, 0.2) is 72.8 Å². The molecule has 4 heteroatoms. The Morgan fingerprint density at radius 2 is 1.46 bits per heavy atom. The largest absolute Gasteiger partial charge is 0.384 e. The summed E-state index contributed by atoms with van der Waals surface area (Å²) in [6.45, 7) is 0. The fraction of sp³-hybridized carbons (Fsp3) is 0.0500. The zero-order valence-corrected chi connectivity index (χ0v) is 12.8. The zero-order chi connectivity index (χ0) is 17.1. The number of aliphatic hydroxyl groups is 1. The van der Waals surface area contributed by atoms with Gasteiger partial charge in [-0.2, -0.15) is 0 Å². The van der Waals surface area contributed by atoms with Crippen LogP contribution in [0.4, 0.5) is 4.39 Å². The molecule has 24 heavy (non-hydrogen) atoms. The number of halogens is 1. The standard InChI is InChI=1S/C20H16FNO2/c21-18-9-3-7-16(12-18)19(23)15-6-1-4-13(10-15)14-5-2-8-17(11-14)20(22)24/h1-12,19,23H,(H2,22,24). The van der Waals surface area contributed by atoms with E-state index in [9.17, 15) is 14.3 Å². The Morgan fingerprint density at radius 3 is 2.12 bits per heavy atom. The summed E-state index contributed by atoms with van der Waals surface area (Å²) in [6.07, 6.45) is -0.931. The quantitative estimate of drug-likeness (QED) is 0.770. The summed E-state index contributed by atoms with van der Waals surface area (Å²) in [7, 11) is 0. The lowest BCUT2D eigenvalue weighted by Gasteiger charge is -2.13. The second-order valence-electron chi connectivity index (χ2n) is 5.53. The Kier molecular flexibility index (Phi) is 4.40. The van der Waals surface area contributed by atoms with Crippen molar-refractivity contribution in [2.24, 2.45) is 5.73 Å². The van der Waals surface area contributed by atoms with Crippen LogP contribution in [-0.2, 0) is 0 Å². The van der Waals surface area contributed by atoms with Crippen LogP contribution in [0, 0.1) is 5.82 Å². The minimum absolute atomic E-state index is 0.392. The average Bonchev–Trinajstić information content (AvgIpc) is 2.61. The molecule has 120 valence electrons. The highest BCUT2D eigenvalue weighted by Crippen LogP contribution is 2.27. The molecule has 1 unspecified atom stereocenters. The summed E-state index contributed by atoms with van der Waals surface area (Å²) in [4.78, 5) is 11.3. The summed E-state index contributed by atoms with van der Waals surface area (Å²) < 4.78 is 13.4. The number of primary amides is 1. The minimum Gasteiger partial charge on any atom is -0.384 e. The first-order chi connectivity index (χ1) is 11.5. The Balaban J connectivity index is 1.97. The molecule has 0 fully saturated rings. The van der Waals surface area contributed by atoms with Gasteiger partial charge >= 0.3 is 0 Å². The van der Waals surface area contributed by atoms with Gasteiger partial charge in [0.05, 0.1) is 0 Å². The topological polar surface area (TPSA) is 63.3 Å². The smallest absolute Gasteiger partial charge is 0.248 e. The van der Waals surface area contributed by atoms with Crippen molar-refractivity contribution in [3.8, 4) is 11.1 Å². The molecule has 0 radical (unpaired) electrons. The summed E-state index contributed by atoms with van der Waals surface area (Å²) in [5.41, 5.74) is 8.52. The van der Waals surface area contributed by atoms with Crippen LogP contribution in [0.3, 0.4) is 0 Å². The molecule has 1 amide bonds. The number of carbonyl (C=O) groups is 1. The van der Waals surface area contributed by atoms with E-state index in [2.05, 4.69) is 0 Å². The fourth-order valence-corrected chi connectivity index (χ4v) is 2.61. The summed E-state index contributed by atoms with van der Waals surface area (Å²) >= 11 is 0. The van der Waals surface area contributed by atoms with Crippen molar-refractivity contribution in [1.29, 1.82) is 0 Å². The van der Waals surface area contributed by atoms with Gasteiger partial charge in [0.25, 0.3) is 0 Å². The van der Waals surface area contributed by atoms with Crippen molar-refractivity contribution < 1.29 is 14.3 Å². The van der Waals surface area contributed by atoms with Gasteiger partial charge in [-0.3, -0.25) is 4.79 Å². The molecule has 3 rings (SSSR count). The highest BCUT2D eigenvalue weighted by Gasteiger charge is 2.12. The van der Waals surface area contributed by atoms with Gasteiger partial charge in [0.1, 0.15) is 11.9 Å². The lowest BCUT2D eigenvalue weighted by atomic mass is 9.96. The van der Waals surface area contributed by atoms with Crippen molar-refractivity contribution in [1.82, 2.24) is 0 Å². The fourth-order valence-electron chi connectivity index (χ4n) is 2.61. The molecule has 0 aliphatic carbocycles. The molecule has 0 aliphatic rings. The molecular weight excluding hydrogens is 305 g/mol. The predicted molar refractivity (Wildman–Crippen MR) is 90.9 cm³/mol. The highest BCUT2D eigenvalue weighted by atomic mass is 19.1. The van der Waals surface area contributed by atoms with Gasteiger partial charge < -0.3 is 10.8 Å². The molecule has 0 bridgehead atoms. The number of benzene rings is 3. The normalized spacial score (nSPS) is 11.9. The lowest BCUT2D eigenvalue weighted by molar-refractivity contribution is 0.100. The van der Waals surface area contributed by atoms with Gasteiger partial charge in [-0.25, -0.2) is 4.39 Å². The monoisotopic (exact) mass is 321 g/mol. The number of aliphatic hydroxyl groups excluding tert-OH is 1. The molecule has 0 heterocycles. The molecule has 3 aromatic carbocycles. The summed E-state index contributed by atoms with van der Waals surface area (Å²) in [6, 6.07) is 20.1. The maximum Gasteiger partial charge on any atom is 0.248 e. The van der Waals surface area contributed by atoms with Gasteiger partial charge in [0.15, 0.2) is 0 Å². The molecule has 3 nitrogen and oxygen atoms in total. The molecule has 3 N–H and O–H groups in total. The Bertz CT molecular complexity index is 892. The van der Waals surface area contributed by atoms with E-state index in [4.69, 9.17) is 5.73 Å². The van der Waals surface area contributed by atoms with Crippen molar-refractivity contribution in [2.45, 2.75) is 6.10 Å². The minimum atomic E-state index is -0.931. The van der Waals surface area contributed by atoms with E-state index in [-0.39, 0.29) is 0 Å². The third kappa shape index (κ3) is 3.34. The molecular formula is C20H16FNO2. The summed E-state index contributed by atoms with van der Waals surface area (Å²) in [5, 5.41) is 10.5. The van der Waals surface area contributed by atoms with Gasteiger partial charge in [0.2, 0.25) is 5.91 Å². The van der Waals surface area contributed by atoms with Crippen molar-refractivity contribution in [3.63, 3.8) is 0 Å². The summed E-state index contributed by atoms with van der Waals surface area (Å²) in [5.74, 6) is -0.885. The number of rotatable bonds is 4. The first kappa shape index (κ1) is 15.9. The molecule has 0 saturated heterocycles. The lowest BCUT2D eigenvalue weighted by Crippen LogP contribution is -2.10. The third-order valence-corrected chi connectivity index (χ3v) is 3.85. The number of hydrogen-bond acceptors (Lipinski definition) is 2. The van der Waals surface area contributed by atoms with E-state index < -0.39 is 17.8 Å². The van der Waals surface area contributed by atoms with E-state index in [0.717, 1.165) is 11.1 Å². The van der Waals surface area contributed by atoms with Crippen LogP contribution in [0.2, 0.25) is 0 Å². The number of carbonyl (C=O) groups excluding carboxylic acids is 1. The van der Waals surface area contributed by atoms with Gasteiger partial charge in [-0.15, -0.1) is 0 Å². The molecule has 0 aromatic heterocycles. The van der Waals surface area contributed by atoms with Gasteiger partial charge in [-0.05, 0) is 52.6 Å². The van der Waals surface area contributed by atoms with Crippen molar-refractivity contribution in [3.05, 3.63) is 95.3 Å². The van der Waals surface area contributed by atoms with E-state index in [0.29, 0.717) is 16.7 Å². The van der Waals surface area contributed by atoms with Gasteiger partial charge in [0, 0.05) is 5.56 Å². The molecule has 1 atom stereocenters. The van der Waals surface area contributed by atoms with E-state index in [1.165, 1.54) is 12.1 Å². The van der Waals surface area contributed by atoms with Crippen LogP contribution in [0.25, 0.3) is 11.1 Å². The number of amides is 1. The first-order valence-corrected chi connectivity index (χ1v) is 7.48. The molecule has 0 saturated carbocycles. The van der Waals surface area contributed by atoms with Crippen LogP contribution >= 0.6 is 0 Å². The number of nitrogens with two attached hydrogens (primary N) is 1. The Hall–Kier alpha value is -2.98. The zero-order valence-electron chi connectivity index (χ0n) is 12.8. The predicted octanol–water partition coefficient (Wildman–Crippen LogP) is 3.67. The average molecular weight is 321 g/mol. The molecule has 3 aromatic rings. The third-order valence-electron chi connectivity index (χ3n) is 3.85. The van der Waals surface area contributed by atoms with Crippen LogP contribution < -0.4 is 5.73 Å². The maximum atomic E-state index is 13.4. The molecule has 0 aliphatic heterocycles. The van der Waals surface area contributed by atoms with Crippen molar-refractivity contribution in [2.75, 3.05) is 0 Å². The van der Waals surface area contributed by atoms with Gasteiger partial charge in [-0.1, -0.05) is 42.5 Å². The Morgan fingerprint density at radius 1 is 0.875 bits per heavy atom. The van der Waals surface area contributed by atoms with E-state index in [1.54, 1.807) is 36.4 Å². The van der Waals surface area contributed by atoms with E-state index >= 15 is 0 Å². The maximum absolute atomic E-state index is 13.4. The van der Waals surface area contributed by atoms with Crippen LogP contribution in [0.5, 0.6) is 0 Å². The van der Waals surface area contributed by atoms with E-state index in [1.807, 2.05) is 24.3 Å². The SMILES string of the molecule is NC(=O)c1cccc(-c2cccc(C(O)c3cccc(F)c3)c2)c1.